The molecule has 116 valence electrons. The molecule has 1 N–H and O–H groups in total. The Labute approximate surface area is 160 Å². The largest absolute Gasteiger partial charge is 2.00 e. The molecule has 2 aliphatic rings. The molecule has 0 fully saturated rings. The Kier molecular flexibility index (Phi) is 7.32. The molecule has 0 atom stereocenters. The molecule has 1 aromatic rings. The van der Waals surface area contributed by atoms with Crippen LogP contribution in [0.2, 0.25) is 0 Å². The summed E-state index contributed by atoms with van der Waals surface area (Å²) in [7, 11) is -4.23. The second-order valence-corrected chi connectivity index (χ2v) is 6.00. The molecular formula is C14H12Cl2O4SZr. The number of halogens is 2. The van der Waals surface area contributed by atoms with E-state index in [0.717, 1.165) is 16.7 Å². The standard InChI is InChI=1S/C14H12O4S.2ClH.Zr/c1-8-6-10(12-4-3-5-18-12)11-7-9(2)14(13(8)11)19(15,16)17;;;/h3-7H,1-2H3,(H,15,16,17);2*1H;/q;;;+2/p-2. The summed E-state index contributed by atoms with van der Waals surface area (Å²) in [5.74, 6) is 0.685. The van der Waals surface area contributed by atoms with Crippen LogP contribution in [0.1, 0.15) is 19.6 Å². The molecule has 0 saturated carbocycles. The summed E-state index contributed by atoms with van der Waals surface area (Å²) in [5.41, 5.74) is 3.56. The van der Waals surface area contributed by atoms with Gasteiger partial charge in [0, 0.05) is 11.1 Å². The van der Waals surface area contributed by atoms with Crippen LogP contribution in [-0.4, -0.2) is 13.0 Å². The van der Waals surface area contributed by atoms with Crippen molar-refractivity contribution in [2.24, 2.45) is 0 Å². The van der Waals surface area contributed by atoms with E-state index in [2.05, 4.69) is 0 Å². The summed E-state index contributed by atoms with van der Waals surface area (Å²) < 4.78 is 37.8. The average molecular weight is 438 g/mol. The molecule has 0 aromatic carbocycles. The fourth-order valence-corrected chi connectivity index (χ4v) is 3.61. The molecule has 4 nitrogen and oxygen atoms in total. The van der Waals surface area contributed by atoms with Gasteiger partial charge in [-0.25, -0.2) is 0 Å². The number of allylic oxidation sites excluding steroid dienone is 7. The Balaban J connectivity index is 0.00000147. The van der Waals surface area contributed by atoms with E-state index in [9.17, 15) is 13.0 Å². The number of hydrogen-bond donors (Lipinski definition) is 1. The van der Waals surface area contributed by atoms with Crippen molar-refractivity contribution in [2.75, 3.05) is 0 Å². The van der Waals surface area contributed by atoms with Gasteiger partial charge in [-0.2, -0.15) is 8.42 Å². The first-order valence-corrected chi connectivity index (χ1v) is 7.21. The second-order valence-electron chi connectivity index (χ2n) is 4.64. The monoisotopic (exact) mass is 436 g/mol. The Morgan fingerprint density at radius 3 is 2.14 bits per heavy atom. The predicted molar refractivity (Wildman–Crippen MR) is 71.7 cm³/mol. The maximum Gasteiger partial charge on any atom is 2.00 e. The molecule has 0 aliphatic heterocycles. The molecule has 1 aromatic heterocycles. The van der Waals surface area contributed by atoms with Crippen LogP contribution < -0.4 is 24.8 Å². The second kappa shape index (κ2) is 7.46. The van der Waals surface area contributed by atoms with E-state index < -0.39 is 10.1 Å². The molecule has 0 unspecified atom stereocenters. The molecule has 3 rings (SSSR count). The third-order valence-corrected chi connectivity index (χ3v) is 4.35. The SMILES string of the molecule is CC1=C2C(=CC(C)=C2S(=O)(=O)O)C(c2ccco2)=C1.[Cl-].[Cl-].[Zr+2]. The third-order valence-electron chi connectivity index (χ3n) is 3.31. The van der Waals surface area contributed by atoms with Crippen molar-refractivity contribution in [1.29, 1.82) is 0 Å². The van der Waals surface area contributed by atoms with Gasteiger partial charge in [0.1, 0.15) is 10.7 Å². The van der Waals surface area contributed by atoms with Crippen molar-refractivity contribution in [2.45, 2.75) is 13.8 Å². The smallest absolute Gasteiger partial charge is 1.00 e. The normalized spacial score (nSPS) is 16.3. The molecule has 8 heteroatoms. The van der Waals surface area contributed by atoms with Gasteiger partial charge in [-0.15, -0.1) is 0 Å². The van der Waals surface area contributed by atoms with Gasteiger partial charge < -0.3 is 29.2 Å². The van der Waals surface area contributed by atoms with E-state index in [0.29, 0.717) is 16.9 Å². The van der Waals surface area contributed by atoms with Gasteiger partial charge in [0.25, 0.3) is 10.1 Å². The number of furan rings is 1. The minimum atomic E-state index is -4.23. The Morgan fingerprint density at radius 2 is 1.64 bits per heavy atom. The number of rotatable bonds is 2. The molecular weight excluding hydrogens is 426 g/mol. The van der Waals surface area contributed by atoms with Crippen LogP contribution in [-0.2, 0) is 36.3 Å². The van der Waals surface area contributed by atoms with Gasteiger partial charge in [-0.1, -0.05) is 0 Å². The number of fused-ring (bicyclic) bond motifs is 1. The van der Waals surface area contributed by atoms with Gasteiger partial charge in [0.15, 0.2) is 0 Å². The van der Waals surface area contributed by atoms with Crippen LogP contribution in [0.15, 0.2) is 62.2 Å². The van der Waals surface area contributed by atoms with Crippen LogP contribution in [0.3, 0.4) is 0 Å². The van der Waals surface area contributed by atoms with Gasteiger partial charge in [0.05, 0.1) is 6.26 Å². The van der Waals surface area contributed by atoms with E-state index in [1.54, 1.807) is 25.3 Å². The summed E-state index contributed by atoms with van der Waals surface area (Å²) in [4.78, 5) is -0.00203. The van der Waals surface area contributed by atoms with Crippen LogP contribution >= 0.6 is 0 Å². The minimum absolute atomic E-state index is 0. The van der Waals surface area contributed by atoms with E-state index >= 15 is 0 Å². The quantitative estimate of drug-likeness (QED) is 0.504. The summed E-state index contributed by atoms with van der Waals surface area (Å²) >= 11 is 0. The van der Waals surface area contributed by atoms with Crippen molar-refractivity contribution in [3.8, 4) is 0 Å². The first-order valence-electron chi connectivity index (χ1n) is 5.77. The summed E-state index contributed by atoms with van der Waals surface area (Å²) in [6.45, 7) is 3.50. The van der Waals surface area contributed by atoms with Gasteiger partial charge in [0.2, 0.25) is 0 Å². The van der Waals surface area contributed by atoms with Crippen molar-refractivity contribution >= 4 is 15.7 Å². The van der Waals surface area contributed by atoms with Gasteiger partial charge in [-0.05, 0) is 54.9 Å². The van der Waals surface area contributed by atoms with Crippen molar-refractivity contribution in [3.05, 3.63) is 63.5 Å². The van der Waals surface area contributed by atoms with Crippen molar-refractivity contribution in [3.63, 3.8) is 0 Å². The first-order chi connectivity index (χ1) is 8.89. The zero-order chi connectivity index (χ0) is 13.8. The maximum atomic E-state index is 11.5. The molecule has 0 amide bonds. The Morgan fingerprint density at radius 1 is 1.05 bits per heavy atom. The maximum absolute atomic E-state index is 11.5. The fraction of sp³-hybridized carbons (Fsp3) is 0.143. The van der Waals surface area contributed by atoms with Gasteiger partial charge in [-0.3, -0.25) is 4.55 Å². The fourth-order valence-electron chi connectivity index (χ4n) is 2.61. The van der Waals surface area contributed by atoms with Gasteiger partial charge >= 0.3 is 26.2 Å². The van der Waals surface area contributed by atoms with E-state index in [1.807, 2.05) is 19.1 Å². The average Bonchev–Trinajstić information content (AvgIpc) is 2.94. The Bertz CT molecular complexity index is 800. The summed E-state index contributed by atoms with van der Waals surface area (Å²) in [5, 5.41) is 0. The topological polar surface area (TPSA) is 67.5 Å². The molecule has 0 saturated heterocycles. The zero-order valence-corrected chi connectivity index (χ0v) is 16.5. The number of hydrogen-bond acceptors (Lipinski definition) is 3. The Hall–Kier alpha value is -0.387. The minimum Gasteiger partial charge on any atom is -1.00 e. The van der Waals surface area contributed by atoms with Crippen molar-refractivity contribution in [1.82, 2.24) is 0 Å². The van der Waals surface area contributed by atoms with Crippen LogP contribution in [0.25, 0.3) is 5.57 Å². The summed E-state index contributed by atoms with van der Waals surface area (Å²) in [6.07, 6.45) is 5.21. The molecule has 2 aliphatic carbocycles. The van der Waals surface area contributed by atoms with Crippen LogP contribution in [0, 0.1) is 0 Å². The molecule has 0 bridgehead atoms. The van der Waals surface area contributed by atoms with E-state index in [-0.39, 0.29) is 55.9 Å². The van der Waals surface area contributed by atoms with E-state index in [4.69, 9.17) is 4.42 Å². The third kappa shape index (κ3) is 3.41. The van der Waals surface area contributed by atoms with Crippen LogP contribution in [0.4, 0.5) is 0 Å². The zero-order valence-electron chi connectivity index (χ0n) is 11.7. The van der Waals surface area contributed by atoms with Crippen molar-refractivity contribution < 1.29 is 68.4 Å². The first kappa shape index (κ1) is 21.6. The predicted octanol–water partition coefficient (Wildman–Crippen LogP) is -2.90. The molecule has 0 spiro atoms. The van der Waals surface area contributed by atoms with E-state index in [1.165, 1.54) is 0 Å². The molecule has 22 heavy (non-hydrogen) atoms. The molecule has 1 heterocycles. The molecule has 0 radical (unpaired) electrons. The summed E-state index contributed by atoms with van der Waals surface area (Å²) in [6, 6.07) is 3.60. The van der Waals surface area contributed by atoms with Crippen LogP contribution in [0.5, 0.6) is 0 Å².